The van der Waals surface area contributed by atoms with Crippen molar-refractivity contribution in [2.24, 2.45) is 10.9 Å². The summed E-state index contributed by atoms with van der Waals surface area (Å²) in [6.45, 7) is 10.6. The predicted octanol–water partition coefficient (Wildman–Crippen LogP) is 4.02. The van der Waals surface area contributed by atoms with Gasteiger partial charge in [0.25, 0.3) is 0 Å². The lowest BCUT2D eigenvalue weighted by atomic mass is 10.1. The highest BCUT2D eigenvalue weighted by atomic mass is 32.2. The number of nitrogens with one attached hydrogen (secondary N) is 1. The highest BCUT2D eigenvalue weighted by molar-refractivity contribution is 8.15. The maximum absolute atomic E-state index is 5.67. The van der Waals surface area contributed by atoms with E-state index < -0.39 is 0 Å². The van der Waals surface area contributed by atoms with Crippen LogP contribution in [0, 0.1) is 5.92 Å². The minimum Gasteiger partial charge on any atom is -0.494 e. The van der Waals surface area contributed by atoms with Crippen LogP contribution in [0.1, 0.15) is 27.7 Å². The van der Waals surface area contributed by atoms with Crippen molar-refractivity contribution in [2.75, 3.05) is 25.1 Å². The van der Waals surface area contributed by atoms with Crippen molar-refractivity contribution in [1.29, 1.82) is 0 Å². The number of benzene rings is 1. The molecule has 116 valence electrons. The van der Waals surface area contributed by atoms with Crippen molar-refractivity contribution in [1.82, 2.24) is 0 Å². The van der Waals surface area contributed by atoms with Crippen LogP contribution >= 0.6 is 11.8 Å². The zero-order chi connectivity index (χ0) is 15.2. The lowest BCUT2D eigenvalue weighted by molar-refractivity contribution is 0.332. The van der Waals surface area contributed by atoms with Gasteiger partial charge in [-0.05, 0) is 31.9 Å². The normalized spacial score (nSPS) is 17.8. The van der Waals surface area contributed by atoms with Crippen LogP contribution in [0.5, 0.6) is 11.5 Å². The van der Waals surface area contributed by atoms with Gasteiger partial charge in [-0.3, -0.25) is 4.99 Å². The molecule has 1 aliphatic heterocycles. The molecule has 0 fully saturated rings. The van der Waals surface area contributed by atoms with Crippen LogP contribution in [-0.2, 0) is 0 Å². The Bertz CT molecular complexity index is 503. The van der Waals surface area contributed by atoms with Gasteiger partial charge in [0.2, 0.25) is 0 Å². The zero-order valence-electron chi connectivity index (χ0n) is 13.2. The lowest BCUT2D eigenvalue weighted by Gasteiger charge is -2.15. The molecular formula is C16H24N2O2S. The van der Waals surface area contributed by atoms with Crippen molar-refractivity contribution >= 4 is 22.6 Å². The summed E-state index contributed by atoms with van der Waals surface area (Å²) in [5, 5.41) is 4.90. The van der Waals surface area contributed by atoms with E-state index in [0.717, 1.165) is 28.9 Å². The Labute approximate surface area is 131 Å². The van der Waals surface area contributed by atoms with E-state index in [1.54, 1.807) is 11.8 Å². The summed E-state index contributed by atoms with van der Waals surface area (Å²) in [5.41, 5.74) is 0.915. The van der Waals surface area contributed by atoms with Crippen LogP contribution in [0.4, 0.5) is 5.69 Å². The van der Waals surface area contributed by atoms with Gasteiger partial charge in [-0.2, -0.15) is 0 Å². The number of rotatable bonds is 6. The Balaban J connectivity index is 2.11. The molecule has 1 aliphatic rings. The Hall–Kier alpha value is -1.36. The van der Waals surface area contributed by atoms with E-state index in [1.165, 1.54) is 0 Å². The number of amidine groups is 1. The van der Waals surface area contributed by atoms with Crippen molar-refractivity contribution < 1.29 is 9.47 Å². The molecule has 1 atom stereocenters. The monoisotopic (exact) mass is 308 g/mol. The molecule has 0 spiro atoms. The SMILES string of the molecule is CCOc1ccc(OCC)c(NC2=NCC(C(C)C)S2)c1. The van der Waals surface area contributed by atoms with Gasteiger partial charge in [0.15, 0.2) is 5.17 Å². The van der Waals surface area contributed by atoms with E-state index >= 15 is 0 Å². The number of aliphatic imine (C=N–C) groups is 1. The van der Waals surface area contributed by atoms with Crippen molar-refractivity contribution in [2.45, 2.75) is 32.9 Å². The molecule has 2 rings (SSSR count). The van der Waals surface area contributed by atoms with Gasteiger partial charge >= 0.3 is 0 Å². The van der Waals surface area contributed by atoms with E-state index in [1.807, 2.05) is 32.0 Å². The van der Waals surface area contributed by atoms with Crippen LogP contribution in [0.25, 0.3) is 0 Å². The predicted molar refractivity (Wildman–Crippen MR) is 90.9 cm³/mol. The van der Waals surface area contributed by atoms with E-state index in [-0.39, 0.29) is 0 Å². The molecule has 0 saturated heterocycles. The minimum absolute atomic E-state index is 0.554. The summed E-state index contributed by atoms with van der Waals surface area (Å²) in [7, 11) is 0. The Morgan fingerprint density at radius 2 is 2.05 bits per heavy atom. The number of ether oxygens (including phenoxy) is 2. The summed E-state index contributed by atoms with van der Waals surface area (Å²) >= 11 is 1.80. The molecule has 1 aromatic carbocycles. The molecule has 0 aromatic heterocycles. The molecule has 0 radical (unpaired) electrons. The van der Waals surface area contributed by atoms with Crippen molar-refractivity contribution in [3.63, 3.8) is 0 Å². The number of anilines is 1. The fourth-order valence-electron chi connectivity index (χ4n) is 2.07. The van der Waals surface area contributed by atoms with Crippen LogP contribution in [0.15, 0.2) is 23.2 Å². The zero-order valence-corrected chi connectivity index (χ0v) is 14.0. The van der Waals surface area contributed by atoms with Gasteiger partial charge in [-0.1, -0.05) is 25.6 Å². The van der Waals surface area contributed by atoms with Crippen molar-refractivity contribution in [3.8, 4) is 11.5 Å². The Morgan fingerprint density at radius 3 is 2.67 bits per heavy atom. The average molecular weight is 308 g/mol. The standard InChI is InChI=1S/C16H24N2O2S/c1-5-19-12-7-8-14(20-6-2)13(9-12)18-16-17-10-15(21-16)11(3)4/h7-9,11,15H,5-6,10H2,1-4H3,(H,17,18). The summed E-state index contributed by atoms with van der Waals surface area (Å²) in [4.78, 5) is 4.58. The second kappa shape index (κ2) is 7.59. The highest BCUT2D eigenvalue weighted by Crippen LogP contribution is 2.33. The molecule has 1 aromatic rings. The first-order valence-electron chi connectivity index (χ1n) is 7.51. The highest BCUT2D eigenvalue weighted by Gasteiger charge is 2.23. The van der Waals surface area contributed by atoms with Gasteiger partial charge in [0.1, 0.15) is 11.5 Å². The summed E-state index contributed by atoms with van der Waals surface area (Å²) in [6.07, 6.45) is 0. The molecule has 21 heavy (non-hydrogen) atoms. The molecule has 0 bridgehead atoms. The summed E-state index contributed by atoms with van der Waals surface area (Å²) in [6, 6.07) is 5.84. The fraction of sp³-hybridized carbons (Fsp3) is 0.562. The van der Waals surface area contributed by atoms with Gasteiger partial charge in [0, 0.05) is 11.3 Å². The van der Waals surface area contributed by atoms with E-state index in [9.17, 15) is 0 Å². The van der Waals surface area contributed by atoms with Crippen LogP contribution in [0.2, 0.25) is 0 Å². The molecule has 4 nitrogen and oxygen atoms in total. The fourth-order valence-corrected chi connectivity index (χ4v) is 3.09. The first-order valence-corrected chi connectivity index (χ1v) is 8.39. The molecule has 0 saturated carbocycles. The second-order valence-corrected chi connectivity index (χ2v) is 6.42. The maximum Gasteiger partial charge on any atom is 0.161 e. The van der Waals surface area contributed by atoms with E-state index in [2.05, 4.69) is 24.2 Å². The smallest absolute Gasteiger partial charge is 0.161 e. The van der Waals surface area contributed by atoms with Crippen molar-refractivity contribution in [3.05, 3.63) is 18.2 Å². The molecule has 0 aliphatic carbocycles. The quantitative estimate of drug-likeness (QED) is 0.862. The molecule has 1 heterocycles. The first-order chi connectivity index (χ1) is 10.1. The maximum atomic E-state index is 5.67. The van der Waals surface area contributed by atoms with Crippen LogP contribution < -0.4 is 14.8 Å². The Kier molecular flexibility index (Phi) is 5.79. The van der Waals surface area contributed by atoms with E-state index in [0.29, 0.717) is 24.4 Å². The largest absolute Gasteiger partial charge is 0.494 e. The number of hydrogen-bond acceptors (Lipinski definition) is 5. The molecule has 0 amide bonds. The number of hydrogen-bond donors (Lipinski definition) is 1. The Morgan fingerprint density at radius 1 is 1.29 bits per heavy atom. The third-order valence-electron chi connectivity index (χ3n) is 3.22. The van der Waals surface area contributed by atoms with Gasteiger partial charge in [-0.25, -0.2) is 0 Å². The topological polar surface area (TPSA) is 42.9 Å². The lowest BCUT2D eigenvalue weighted by Crippen LogP contribution is -2.13. The van der Waals surface area contributed by atoms with Crippen LogP contribution in [-0.4, -0.2) is 30.2 Å². The van der Waals surface area contributed by atoms with Crippen LogP contribution in [0.3, 0.4) is 0 Å². The second-order valence-electron chi connectivity index (χ2n) is 5.20. The average Bonchev–Trinajstić information content (AvgIpc) is 2.91. The first kappa shape index (κ1) is 16.0. The third-order valence-corrected chi connectivity index (χ3v) is 4.68. The molecule has 1 N–H and O–H groups in total. The summed E-state index contributed by atoms with van der Waals surface area (Å²) in [5.74, 6) is 2.30. The summed E-state index contributed by atoms with van der Waals surface area (Å²) < 4.78 is 11.2. The van der Waals surface area contributed by atoms with E-state index in [4.69, 9.17) is 9.47 Å². The van der Waals surface area contributed by atoms with Gasteiger partial charge < -0.3 is 14.8 Å². The van der Waals surface area contributed by atoms with Gasteiger partial charge in [-0.15, -0.1) is 0 Å². The molecular weight excluding hydrogens is 284 g/mol. The molecule has 1 unspecified atom stereocenters. The third kappa shape index (κ3) is 4.30. The number of thioether (sulfide) groups is 1. The molecule has 5 heteroatoms. The van der Waals surface area contributed by atoms with Gasteiger partial charge in [0.05, 0.1) is 25.4 Å². The number of nitrogens with zero attached hydrogens (tertiary/aromatic N) is 1. The minimum atomic E-state index is 0.554.